The number of aryl methyl sites for hydroxylation is 2. The number of likely N-dealkylation sites (tertiary alicyclic amines) is 1. The second-order valence-corrected chi connectivity index (χ2v) is 8.12. The third kappa shape index (κ3) is 5.91. The largest absolute Gasteiger partial charge is 0.331 e. The topological polar surface area (TPSA) is 38.0 Å². The van der Waals surface area contributed by atoms with E-state index in [0.29, 0.717) is 6.54 Å². The maximum absolute atomic E-state index is 12.4. The lowest BCUT2D eigenvalue weighted by molar-refractivity contribution is -0.901. The molecule has 1 saturated heterocycles. The Labute approximate surface area is 163 Å². The third-order valence-corrected chi connectivity index (χ3v) is 5.46. The Morgan fingerprint density at radius 3 is 2.44 bits per heavy atom. The molecule has 0 radical (unpaired) electrons. The van der Waals surface area contributed by atoms with Crippen molar-refractivity contribution in [2.75, 3.05) is 32.0 Å². The van der Waals surface area contributed by atoms with E-state index >= 15 is 0 Å². The molecule has 3 N–H and O–H groups in total. The summed E-state index contributed by atoms with van der Waals surface area (Å²) in [5.41, 5.74) is 6.12. The molecular formula is C23H33N3O+2. The molecule has 2 aromatic carbocycles. The molecule has 27 heavy (non-hydrogen) atoms. The zero-order valence-corrected chi connectivity index (χ0v) is 16.9. The molecule has 1 aliphatic rings. The maximum Gasteiger partial charge on any atom is 0.279 e. The van der Waals surface area contributed by atoms with Crippen molar-refractivity contribution in [3.63, 3.8) is 0 Å². The van der Waals surface area contributed by atoms with Gasteiger partial charge in [-0.2, -0.15) is 0 Å². The van der Waals surface area contributed by atoms with E-state index in [4.69, 9.17) is 0 Å². The summed E-state index contributed by atoms with van der Waals surface area (Å²) in [5, 5.41) is 3.04. The molecule has 144 valence electrons. The molecular weight excluding hydrogens is 334 g/mol. The van der Waals surface area contributed by atoms with Crippen LogP contribution < -0.4 is 15.1 Å². The molecule has 1 amide bonds. The minimum absolute atomic E-state index is 0.0650. The van der Waals surface area contributed by atoms with E-state index < -0.39 is 0 Å². The SMILES string of the molecule is Cc1ccc(C[NH+](C)CC(=O)Nc2ccc(C[NH+]3CCCC3)cc2)c(C)c1. The van der Waals surface area contributed by atoms with Gasteiger partial charge in [0.2, 0.25) is 0 Å². The lowest BCUT2D eigenvalue weighted by Crippen LogP contribution is -3.08. The Morgan fingerprint density at radius 2 is 1.78 bits per heavy atom. The third-order valence-electron chi connectivity index (χ3n) is 5.46. The molecule has 3 rings (SSSR count). The highest BCUT2D eigenvalue weighted by Crippen LogP contribution is 2.10. The van der Waals surface area contributed by atoms with Crippen LogP contribution in [0.4, 0.5) is 5.69 Å². The Hall–Kier alpha value is -2.17. The minimum atomic E-state index is 0.0650. The summed E-state index contributed by atoms with van der Waals surface area (Å²) in [7, 11) is 2.07. The zero-order valence-electron chi connectivity index (χ0n) is 16.9. The highest BCUT2D eigenvalue weighted by molar-refractivity contribution is 5.91. The van der Waals surface area contributed by atoms with E-state index in [0.717, 1.165) is 18.8 Å². The van der Waals surface area contributed by atoms with Crippen molar-refractivity contribution in [2.24, 2.45) is 0 Å². The molecule has 1 unspecified atom stereocenters. The number of likely N-dealkylation sites (N-methyl/N-ethyl adjacent to an activating group) is 1. The lowest BCUT2D eigenvalue weighted by atomic mass is 10.1. The fraction of sp³-hybridized carbons (Fsp3) is 0.435. The van der Waals surface area contributed by atoms with Crippen molar-refractivity contribution >= 4 is 11.6 Å². The average Bonchev–Trinajstić information content (AvgIpc) is 3.12. The van der Waals surface area contributed by atoms with Gasteiger partial charge in [0, 0.05) is 29.7 Å². The van der Waals surface area contributed by atoms with E-state index in [-0.39, 0.29) is 5.91 Å². The molecule has 4 heteroatoms. The number of quaternary nitrogens is 2. The molecule has 0 aromatic heterocycles. The molecule has 4 nitrogen and oxygen atoms in total. The molecule has 1 heterocycles. The monoisotopic (exact) mass is 367 g/mol. The van der Waals surface area contributed by atoms with Crippen LogP contribution in [0.1, 0.15) is 35.1 Å². The lowest BCUT2D eigenvalue weighted by Gasteiger charge is -2.16. The Kier molecular flexibility index (Phi) is 6.64. The molecule has 0 saturated carbocycles. The van der Waals surface area contributed by atoms with E-state index in [2.05, 4.69) is 56.5 Å². The molecule has 0 aliphatic carbocycles. The number of hydrogen-bond acceptors (Lipinski definition) is 1. The summed E-state index contributed by atoms with van der Waals surface area (Å²) in [6.07, 6.45) is 2.70. The molecule has 0 bridgehead atoms. The molecule has 1 aliphatic heterocycles. The van der Waals surface area contributed by atoms with Gasteiger partial charge < -0.3 is 15.1 Å². The van der Waals surface area contributed by atoms with E-state index in [1.165, 1.54) is 53.1 Å². The van der Waals surface area contributed by atoms with Crippen molar-refractivity contribution in [1.29, 1.82) is 0 Å². The fourth-order valence-electron chi connectivity index (χ4n) is 3.96. The van der Waals surface area contributed by atoms with Crippen LogP contribution in [0.3, 0.4) is 0 Å². The van der Waals surface area contributed by atoms with Gasteiger partial charge in [0.05, 0.1) is 20.1 Å². The van der Waals surface area contributed by atoms with Gasteiger partial charge in [-0.15, -0.1) is 0 Å². The van der Waals surface area contributed by atoms with Gasteiger partial charge in [0.15, 0.2) is 6.54 Å². The van der Waals surface area contributed by atoms with Gasteiger partial charge in [-0.05, 0) is 31.5 Å². The summed E-state index contributed by atoms with van der Waals surface area (Å²) >= 11 is 0. The van der Waals surface area contributed by atoms with Crippen molar-refractivity contribution in [3.05, 3.63) is 64.7 Å². The number of amides is 1. The number of anilines is 1. The van der Waals surface area contributed by atoms with Gasteiger partial charge >= 0.3 is 0 Å². The normalized spacial score (nSPS) is 15.7. The van der Waals surface area contributed by atoms with Crippen LogP contribution in [-0.4, -0.2) is 32.6 Å². The van der Waals surface area contributed by atoms with Gasteiger partial charge in [-0.1, -0.05) is 35.9 Å². The maximum atomic E-state index is 12.4. The van der Waals surface area contributed by atoms with E-state index in [9.17, 15) is 4.79 Å². The highest BCUT2D eigenvalue weighted by atomic mass is 16.2. The first kappa shape index (κ1) is 19.6. The Bertz CT molecular complexity index is 764. The van der Waals surface area contributed by atoms with Gasteiger partial charge in [-0.25, -0.2) is 0 Å². The predicted molar refractivity (Wildman–Crippen MR) is 110 cm³/mol. The first-order chi connectivity index (χ1) is 13.0. The highest BCUT2D eigenvalue weighted by Gasteiger charge is 2.16. The van der Waals surface area contributed by atoms with Crippen LogP contribution in [0.15, 0.2) is 42.5 Å². The summed E-state index contributed by atoms with van der Waals surface area (Å²) in [6.45, 7) is 9.24. The van der Waals surface area contributed by atoms with E-state index in [1.807, 2.05) is 12.1 Å². The van der Waals surface area contributed by atoms with Gasteiger partial charge in [-0.3, -0.25) is 4.79 Å². The average molecular weight is 368 g/mol. The van der Waals surface area contributed by atoms with Crippen LogP contribution in [0.25, 0.3) is 0 Å². The van der Waals surface area contributed by atoms with Crippen LogP contribution in [0.2, 0.25) is 0 Å². The smallest absolute Gasteiger partial charge is 0.279 e. The summed E-state index contributed by atoms with van der Waals surface area (Å²) in [4.78, 5) is 15.2. The number of rotatable bonds is 7. The predicted octanol–water partition coefficient (Wildman–Crippen LogP) is 1.14. The molecule has 2 aromatic rings. The first-order valence-corrected chi connectivity index (χ1v) is 10.1. The first-order valence-electron chi connectivity index (χ1n) is 10.1. The second-order valence-electron chi connectivity index (χ2n) is 8.12. The van der Waals surface area contributed by atoms with Crippen LogP contribution in [0, 0.1) is 13.8 Å². The quantitative estimate of drug-likeness (QED) is 0.675. The minimum Gasteiger partial charge on any atom is -0.331 e. The molecule has 0 spiro atoms. The van der Waals surface area contributed by atoms with Crippen LogP contribution >= 0.6 is 0 Å². The standard InChI is InChI=1S/C23H31N3O/c1-18-6-9-21(19(2)14-18)16-25(3)17-23(27)24-22-10-7-20(8-11-22)15-26-12-4-5-13-26/h6-11,14H,4-5,12-13,15-17H2,1-3H3,(H,24,27)/p+2. The number of carbonyl (C=O) groups excluding carboxylic acids is 1. The van der Waals surface area contributed by atoms with E-state index in [1.54, 1.807) is 4.90 Å². The number of hydrogen-bond donors (Lipinski definition) is 3. The Morgan fingerprint density at radius 1 is 1.07 bits per heavy atom. The summed E-state index contributed by atoms with van der Waals surface area (Å²) in [5.74, 6) is 0.0650. The number of nitrogens with one attached hydrogen (secondary N) is 3. The van der Waals surface area contributed by atoms with Crippen LogP contribution in [-0.2, 0) is 17.9 Å². The number of benzene rings is 2. The molecule has 1 fully saturated rings. The van der Waals surface area contributed by atoms with Gasteiger partial charge in [0.1, 0.15) is 13.1 Å². The second kappa shape index (κ2) is 9.16. The van der Waals surface area contributed by atoms with Crippen molar-refractivity contribution in [1.82, 2.24) is 0 Å². The van der Waals surface area contributed by atoms with Crippen molar-refractivity contribution in [3.8, 4) is 0 Å². The summed E-state index contributed by atoms with van der Waals surface area (Å²) < 4.78 is 0. The zero-order chi connectivity index (χ0) is 19.2. The Balaban J connectivity index is 1.47. The van der Waals surface area contributed by atoms with Crippen molar-refractivity contribution in [2.45, 2.75) is 39.8 Å². The van der Waals surface area contributed by atoms with Gasteiger partial charge in [0.25, 0.3) is 5.91 Å². The fourth-order valence-corrected chi connectivity index (χ4v) is 3.96. The summed E-state index contributed by atoms with van der Waals surface area (Å²) in [6, 6.07) is 14.9. The van der Waals surface area contributed by atoms with Crippen molar-refractivity contribution < 1.29 is 14.6 Å². The number of carbonyl (C=O) groups is 1. The molecule has 1 atom stereocenters. The van der Waals surface area contributed by atoms with Crippen LogP contribution in [0.5, 0.6) is 0 Å².